The molecule has 1 aromatic heterocycles. The molecule has 0 aliphatic carbocycles. The summed E-state index contributed by atoms with van der Waals surface area (Å²) >= 11 is 3.28. The number of nitriles is 1. The highest BCUT2D eigenvalue weighted by molar-refractivity contribution is 9.10. The number of aromatic nitrogens is 1. The van der Waals surface area contributed by atoms with Crippen LogP contribution in [-0.2, 0) is 4.74 Å². The molecule has 1 heterocycles. The zero-order valence-corrected chi connectivity index (χ0v) is 12.8. The molecule has 0 radical (unpaired) electrons. The number of nitrogens with zero attached hydrogens (tertiary/aromatic N) is 3. The molecule has 19 heavy (non-hydrogen) atoms. The minimum Gasteiger partial charge on any atom is -0.461 e. The van der Waals surface area contributed by atoms with E-state index in [9.17, 15) is 4.79 Å². The number of pyridine rings is 1. The monoisotopic (exact) mass is 325 g/mol. The molecule has 0 saturated carbocycles. The van der Waals surface area contributed by atoms with Crippen molar-refractivity contribution < 1.29 is 9.53 Å². The molecule has 1 aromatic rings. The summed E-state index contributed by atoms with van der Waals surface area (Å²) in [6, 6.07) is 5.71. The van der Waals surface area contributed by atoms with Crippen molar-refractivity contribution in [3.63, 3.8) is 0 Å². The molecule has 1 rings (SSSR count). The summed E-state index contributed by atoms with van der Waals surface area (Å²) in [5.74, 6) is 0.0628. The fraction of sp³-hybridized carbons (Fsp3) is 0.462. The third kappa shape index (κ3) is 4.21. The van der Waals surface area contributed by atoms with E-state index in [1.807, 2.05) is 18.9 Å². The predicted octanol–water partition coefficient (Wildman–Crippen LogP) is 2.62. The number of rotatable bonds is 5. The Morgan fingerprint density at radius 1 is 1.63 bits per heavy atom. The third-order valence-electron chi connectivity index (χ3n) is 2.46. The van der Waals surface area contributed by atoms with E-state index in [2.05, 4.69) is 27.0 Å². The molecule has 0 spiro atoms. The molecule has 1 atom stereocenters. The van der Waals surface area contributed by atoms with Gasteiger partial charge in [0.15, 0.2) is 5.69 Å². The highest BCUT2D eigenvalue weighted by atomic mass is 79.9. The lowest BCUT2D eigenvalue weighted by Crippen LogP contribution is -2.25. The van der Waals surface area contributed by atoms with Crippen molar-refractivity contribution in [2.75, 3.05) is 25.1 Å². The Morgan fingerprint density at radius 2 is 2.32 bits per heavy atom. The van der Waals surface area contributed by atoms with Gasteiger partial charge >= 0.3 is 5.97 Å². The van der Waals surface area contributed by atoms with Crippen LogP contribution in [0.4, 0.5) is 5.82 Å². The first-order chi connectivity index (χ1) is 8.99. The van der Waals surface area contributed by atoms with E-state index >= 15 is 0 Å². The Balaban J connectivity index is 2.96. The van der Waals surface area contributed by atoms with Crippen molar-refractivity contribution in [2.45, 2.75) is 13.8 Å². The Labute approximate surface area is 121 Å². The Morgan fingerprint density at radius 3 is 2.89 bits per heavy atom. The van der Waals surface area contributed by atoms with Gasteiger partial charge in [0, 0.05) is 13.6 Å². The highest BCUT2D eigenvalue weighted by Gasteiger charge is 2.16. The molecule has 5 nitrogen and oxygen atoms in total. The number of ether oxygens (including phenoxy) is 1. The number of esters is 1. The maximum absolute atomic E-state index is 11.7. The number of hydrogen-bond acceptors (Lipinski definition) is 5. The van der Waals surface area contributed by atoms with Crippen molar-refractivity contribution in [1.82, 2.24) is 4.98 Å². The number of anilines is 1. The van der Waals surface area contributed by atoms with Gasteiger partial charge in [-0.1, -0.05) is 0 Å². The normalized spacial score (nSPS) is 11.5. The summed E-state index contributed by atoms with van der Waals surface area (Å²) in [7, 11) is 1.83. The number of carbonyl (C=O) groups excluding carboxylic acids is 1. The lowest BCUT2D eigenvalue weighted by atomic mass is 10.2. The molecule has 0 amide bonds. The van der Waals surface area contributed by atoms with Gasteiger partial charge in [-0.3, -0.25) is 0 Å². The standard InChI is InChI=1S/C13H16BrN3O2/c1-4-19-13(18)12-10(14)5-6-11(16-12)17(3)8-9(2)7-15/h5-6,9H,4,8H2,1-3H3. The Bertz CT molecular complexity index is 499. The molecular formula is C13H16BrN3O2. The molecule has 1 unspecified atom stereocenters. The summed E-state index contributed by atoms with van der Waals surface area (Å²) in [4.78, 5) is 17.8. The van der Waals surface area contributed by atoms with Gasteiger partial charge in [0.1, 0.15) is 5.82 Å². The Hall–Kier alpha value is -1.61. The van der Waals surface area contributed by atoms with Crippen molar-refractivity contribution in [3.05, 3.63) is 22.3 Å². The van der Waals surface area contributed by atoms with Crippen LogP contribution in [0.3, 0.4) is 0 Å². The van der Waals surface area contributed by atoms with Crippen molar-refractivity contribution in [1.29, 1.82) is 5.26 Å². The van der Waals surface area contributed by atoms with E-state index < -0.39 is 5.97 Å². The van der Waals surface area contributed by atoms with Crippen LogP contribution in [-0.4, -0.2) is 31.2 Å². The fourth-order valence-electron chi connectivity index (χ4n) is 1.53. The smallest absolute Gasteiger partial charge is 0.358 e. The van der Waals surface area contributed by atoms with E-state index in [4.69, 9.17) is 10.00 Å². The minimum atomic E-state index is -0.460. The van der Waals surface area contributed by atoms with Crippen molar-refractivity contribution in [2.24, 2.45) is 5.92 Å². The van der Waals surface area contributed by atoms with Crippen LogP contribution in [0, 0.1) is 17.2 Å². The largest absolute Gasteiger partial charge is 0.461 e. The van der Waals surface area contributed by atoms with E-state index in [0.717, 1.165) is 0 Å². The van der Waals surface area contributed by atoms with Crippen LogP contribution < -0.4 is 4.90 Å². The second kappa shape index (κ2) is 7.10. The minimum absolute atomic E-state index is 0.110. The Kier molecular flexibility index (Phi) is 5.77. The maximum Gasteiger partial charge on any atom is 0.358 e. The van der Waals surface area contributed by atoms with Gasteiger partial charge in [-0.05, 0) is 41.9 Å². The summed E-state index contributed by atoms with van der Waals surface area (Å²) in [6.07, 6.45) is 0. The van der Waals surface area contributed by atoms with Crippen LogP contribution in [0.5, 0.6) is 0 Å². The predicted molar refractivity (Wildman–Crippen MR) is 75.9 cm³/mol. The van der Waals surface area contributed by atoms with Crippen LogP contribution in [0.2, 0.25) is 0 Å². The molecule has 102 valence electrons. The van der Waals surface area contributed by atoms with Crippen LogP contribution >= 0.6 is 15.9 Å². The summed E-state index contributed by atoms with van der Waals surface area (Å²) in [5.41, 5.74) is 0.246. The zero-order valence-electron chi connectivity index (χ0n) is 11.2. The third-order valence-corrected chi connectivity index (χ3v) is 3.10. The summed E-state index contributed by atoms with van der Waals surface area (Å²) < 4.78 is 5.54. The average molecular weight is 326 g/mol. The van der Waals surface area contributed by atoms with E-state index in [-0.39, 0.29) is 11.6 Å². The molecule has 0 aliphatic heterocycles. The first-order valence-electron chi connectivity index (χ1n) is 5.94. The van der Waals surface area contributed by atoms with Gasteiger partial charge in [0.25, 0.3) is 0 Å². The lowest BCUT2D eigenvalue weighted by Gasteiger charge is -2.20. The maximum atomic E-state index is 11.7. The van der Waals surface area contributed by atoms with Crippen molar-refractivity contribution >= 4 is 27.7 Å². The van der Waals surface area contributed by atoms with Crippen molar-refractivity contribution in [3.8, 4) is 6.07 Å². The second-order valence-electron chi connectivity index (χ2n) is 4.13. The first-order valence-corrected chi connectivity index (χ1v) is 6.73. The molecule has 0 bridgehead atoms. The van der Waals surface area contributed by atoms with Gasteiger partial charge in [-0.15, -0.1) is 0 Å². The quantitative estimate of drug-likeness (QED) is 0.778. The lowest BCUT2D eigenvalue weighted by molar-refractivity contribution is 0.0518. The van der Waals surface area contributed by atoms with E-state index in [1.165, 1.54) is 0 Å². The van der Waals surface area contributed by atoms with Crippen LogP contribution in [0.1, 0.15) is 24.3 Å². The molecule has 0 N–H and O–H groups in total. The van der Waals surface area contributed by atoms with Gasteiger partial charge < -0.3 is 9.64 Å². The number of carbonyl (C=O) groups is 1. The topological polar surface area (TPSA) is 66.2 Å². The second-order valence-corrected chi connectivity index (χ2v) is 4.99. The molecule has 0 aromatic carbocycles. The van der Waals surface area contributed by atoms with Gasteiger partial charge in [0.2, 0.25) is 0 Å². The SMILES string of the molecule is CCOC(=O)c1nc(N(C)CC(C)C#N)ccc1Br. The van der Waals surface area contributed by atoms with Crippen LogP contribution in [0.25, 0.3) is 0 Å². The van der Waals surface area contributed by atoms with Crippen LogP contribution in [0.15, 0.2) is 16.6 Å². The van der Waals surface area contributed by atoms with E-state index in [0.29, 0.717) is 23.4 Å². The molecule has 6 heteroatoms. The molecule has 0 aliphatic rings. The number of halogens is 1. The number of hydrogen-bond donors (Lipinski definition) is 0. The zero-order chi connectivity index (χ0) is 14.4. The summed E-state index contributed by atoms with van der Waals surface area (Å²) in [6.45, 7) is 4.43. The highest BCUT2D eigenvalue weighted by Crippen LogP contribution is 2.20. The summed E-state index contributed by atoms with van der Waals surface area (Å²) in [5, 5.41) is 8.81. The fourth-order valence-corrected chi connectivity index (χ4v) is 1.91. The van der Waals surface area contributed by atoms with E-state index in [1.54, 1.807) is 19.1 Å². The van der Waals surface area contributed by atoms with Gasteiger partial charge in [0.05, 0.1) is 23.1 Å². The first kappa shape index (κ1) is 15.4. The molecule has 0 fully saturated rings. The molecular weight excluding hydrogens is 310 g/mol. The molecule has 0 saturated heterocycles. The average Bonchev–Trinajstić information content (AvgIpc) is 2.39. The van der Waals surface area contributed by atoms with Gasteiger partial charge in [-0.2, -0.15) is 5.26 Å². The van der Waals surface area contributed by atoms with Gasteiger partial charge in [-0.25, -0.2) is 9.78 Å².